The lowest BCUT2D eigenvalue weighted by Crippen LogP contribution is -2.04. The number of benzene rings is 1. The third kappa shape index (κ3) is 1.71. The van der Waals surface area contributed by atoms with Gasteiger partial charge >= 0.3 is 6.18 Å². The molecule has 15 heavy (non-hydrogen) atoms. The number of halogens is 3. The van der Waals surface area contributed by atoms with Crippen LogP contribution in [0, 0.1) is 0 Å². The maximum atomic E-state index is 12.4. The van der Waals surface area contributed by atoms with Crippen LogP contribution in [0.2, 0.25) is 0 Å². The maximum Gasteiger partial charge on any atom is 0.431 e. The molecule has 1 nitrogen and oxygen atoms in total. The van der Waals surface area contributed by atoms with Crippen LogP contribution in [0.5, 0.6) is 0 Å². The van der Waals surface area contributed by atoms with Gasteiger partial charge in [-0.1, -0.05) is 25.1 Å². The van der Waals surface area contributed by atoms with Gasteiger partial charge in [0.15, 0.2) is 0 Å². The molecule has 0 spiro atoms. The molecule has 2 rings (SSSR count). The van der Waals surface area contributed by atoms with Crippen molar-refractivity contribution in [3.8, 4) is 0 Å². The molecule has 1 aromatic carbocycles. The van der Waals surface area contributed by atoms with Crippen LogP contribution < -0.4 is 0 Å². The van der Waals surface area contributed by atoms with E-state index in [-0.39, 0.29) is 0 Å². The Kier molecular flexibility index (Phi) is 2.21. The van der Waals surface area contributed by atoms with Crippen molar-refractivity contribution >= 4 is 10.9 Å². The molecule has 0 fully saturated rings. The highest BCUT2D eigenvalue weighted by Gasteiger charge is 2.32. The SMILES string of the molecule is CCc1cccc2cc(C(F)(F)F)[nH]c12. The number of H-pyrrole nitrogens is 1. The van der Waals surface area contributed by atoms with E-state index in [4.69, 9.17) is 0 Å². The smallest absolute Gasteiger partial charge is 0.351 e. The zero-order valence-electron chi connectivity index (χ0n) is 8.15. The van der Waals surface area contributed by atoms with Crippen LogP contribution in [0.25, 0.3) is 10.9 Å². The number of rotatable bonds is 1. The van der Waals surface area contributed by atoms with Gasteiger partial charge in [-0.3, -0.25) is 0 Å². The summed E-state index contributed by atoms with van der Waals surface area (Å²) in [4.78, 5) is 2.43. The van der Waals surface area contributed by atoms with Gasteiger partial charge in [0.25, 0.3) is 0 Å². The van der Waals surface area contributed by atoms with E-state index in [0.29, 0.717) is 10.9 Å². The average Bonchev–Trinajstić information content (AvgIpc) is 2.59. The fourth-order valence-electron chi connectivity index (χ4n) is 1.67. The van der Waals surface area contributed by atoms with Gasteiger partial charge in [0.2, 0.25) is 0 Å². The van der Waals surface area contributed by atoms with E-state index in [2.05, 4.69) is 4.98 Å². The number of aromatic nitrogens is 1. The Labute approximate surface area is 84.9 Å². The van der Waals surface area contributed by atoms with Gasteiger partial charge in [-0.2, -0.15) is 13.2 Å². The van der Waals surface area contributed by atoms with E-state index in [0.717, 1.165) is 18.1 Å². The number of nitrogens with one attached hydrogen (secondary N) is 1. The van der Waals surface area contributed by atoms with Crippen molar-refractivity contribution in [2.45, 2.75) is 19.5 Å². The lowest BCUT2D eigenvalue weighted by Gasteiger charge is -2.01. The fourth-order valence-corrected chi connectivity index (χ4v) is 1.67. The second kappa shape index (κ2) is 3.29. The lowest BCUT2D eigenvalue weighted by molar-refractivity contribution is -0.140. The molecular weight excluding hydrogens is 203 g/mol. The largest absolute Gasteiger partial charge is 0.431 e. The highest BCUT2D eigenvalue weighted by Crippen LogP contribution is 2.32. The molecule has 0 aliphatic rings. The minimum Gasteiger partial charge on any atom is -0.351 e. The molecule has 0 saturated heterocycles. The Morgan fingerprint density at radius 2 is 2.00 bits per heavy atom. The van der Waals surface area contributed by atoms with E-state index in [1.54, 1.807) is 12.1 Å². The molecule has 0 aliphatic carbocycles. The quantitative estimate of drug-likeness (QED) is 0.742. The standard InChI is InChI=1S/C11H10F3N/c1-2-7-4-3-5-8-6-9(11(12,13)14)15-10(7)8/h3-6,15H,2H2,1H3. The number of aromatic amines is 1. The van der Waals surface area contributed by atoms with Crippen molar-refractivity contribution in [2.75, 3.05) is 0 Å². The van der Waals surface area contributed by atoms with Gasteiger partial charge in [-0.25, -0.2) is 0 Å². The first-order valence-corrected chi connectivity index (χ1v) is 4.70. The van der Waals surface area contributed by atoms with Crippen molar-refractivity contribution in [1.82, 2.24) is 4.98 Å². The van der Waals surface area contributed by atoms with Crippen molar-refractivity contribution in [1.29, 1.82) is 0 Å². The second-order valence-corrected chi connectivity index (χ2v) is 3.42. The molecule has 80 valence electrons. The predicted molar refractivity (Wildman–Crippen MR) is 52.7 cm³/mol. The van der Waals surface area contributed by atoms with Crippen molar-refractivity contribution in [3.63, 3.8) is 0 Å². The molecule has 0 unspecified atom stereocenters. The molecular formula is C11H10F3N. The molecule has 0 aliphatic heterocycles. The van der Waals surface area contributed by atoms with E-state index in [9.17, 15) is 13.2 Å². The first-order chi connectivity index (χ1) is 7.02. The molecule has 4 heteroatoms. The van der Waals surface area contributed by atoms with Gasteiger partial charge < -0.3 is 4.98 Å². The topological polar surface area (TPSA) is 15.8 Å². The van der Waals surface area contributed by atoms with E-state index in [1.165, 1.54) is 0 Å². The number of alkyl halides is 3. The van der Waals surface area contributed by atoms with E-state index in [1.807, 2.05) is 13.0 Å². The van der Waals surface area contributed by atoms with Crippen LogP contribution in [-0.2, 0) is 12.6 Å². The number of hydrogen-bond acceptors (Lipinski definition) is 0. The molecule has 0 atom stereocenters. The highest BCUT2D eigenvalue weighted by atomic mass is 19.4. The lowest BCUT2D eigenvalue weighted by atomic mass is 10.1. The Bertz CT molecular complexity index is 482. The molecule has 0 radical (unpaired) electrons. The average molecular weight is 213 g/mol. The van der Waals surface area contributed by atoms with Crippen LogP contribution in [0.1, 0.15) is 18.2 Å². The zero-order valence-corrected chi connectivity index (χ0v) is 8.15. The van der Waals surface area contributed by atoms with Crippen LogP contribution in [0.15, 0.2) is 24.3 Å². The Morgan fingerprint density at radius 3 is 2.60 bits per heavy atom. The van der Waals surface area contributed by atoms with E-state index < -0.39 is 11.9 Å². The van der Waals surface area contributed by atoms with Crippen LogP contribution in [0.4, 0.5) is 13.2 Å². The molecule has 0 bridgehead atoms. The summed E-state index contributed by atoms with van der Waals surface area (Å²) in [6, 6.07) is 6.43. The molecule has 0 amide bonds. The van der Waals surface area contributed by atoms with E-state index >= 15 is 0 Å². The minimum absolute atomic E-state index is 0.590. The number of aryl methyl sites for hydroxylation is 1. The monoisotopic (exact) mass is 213 g/mol. The first-order valence-electron chi connectivity index (χ1n) is 4.70. The van der Waals surface area contributed by atoms with Crippen LogP contribution in [0.3, 0.4) is 0 Å². The summed E-state index contributed by atoms with van der Waals surface area (Å²) in [5, 5.41) is 0.613. The van der Waals surface area contributed by atoms with Crippen molar-refractivity contribution in [3.05, 3.63) is 35.5 Å². The maximum absolute atomic E-state index is 12.4. The molecule has 1 N–H and O–H groups in total. The summed E-state index contributed by atoms with van der Waals surface area (Å²) in [7, 11) is 0. The summed E-state index contributed by atoms with van der Waals surface area (Å²) in [6.45, 7) is 1.92. The first kappa shape index (κ1) is 10.1. The van der Waals surface area contributed by atoms with Crippen LogP contribution >= 0.6 is 0 Å². The zero-order chi connectivity index (χ0) is 11.1. The van der Waals surface area contributed by atoms with Crippen LogP contribution in [-0.4, -0.2) is 4.98 Å². The minimum atomic E-state index is -4.30. The Balaban J connectivity index is 2.65. The van der Waals surface area contributed by atoms with Gasteiger partial charge in [-0.15, -0.1) is 0 Å². The van der Waals surface area contributed by atoms with Crippen molar-refractivity contribution < 1.29 is 13.2 Å². The highest BCUT2D eigenvalue weighted by molar-refractivity contribution is 5.83. The van der Waals surface area contributed by atoms with Gasteiger partial charge in [0.1, 0.15) is 5.69 Å². The van der Waals surface area contributed by atoms with Gasteiger partial charge in [0.05, 0.1) is 0 Å². The Hall–Kier alpha value is -1.45. The summed E-state index contributed by atoms with van der Waals surface area (Å²) in [5.74, 6) is 0. The number of hydrogen-bond donors (Lipinski definition) is 1. The summed E-state index contributed by atoms with van der Waals surface area (Å²) >= 11 is 0. The molecule has 0 saturated carbocycles. The molecule has 1 heterocycles. The van der Waals surface area contributed by atoms with Gasteiger partial charge in [0, 0.05) is 10.9 Å². The summed E-state index contributed by atoms with van der Waals surface area (Å²) in [6.07, 6.45) is -3.58. The summed E-state index contributed by atoms with van der Waals surface area (Å²) < 4.78 is 37.3. The van der Waals surface area contributed by atoms with Gasteiger partial charge in [-0.05, 0) is 18.1 Å². The predicted octanol–water partition coefficient (Wildman–Crippen LogP) is 3.75. The van der Waals surface area contributed by atoms with Crippen molar-refractivity contribution in [2.24, 2.45) is 0 Å². The third-order valence-electron chi connectivity index (χ3n) is 2.43. The molecule has 1 aromatic heterocycles. The second-order valence-electron chi connectivity index (χ2n) is 3.42. The number of fused-ring (bicyclic) bond motifs is 1. The molecule has 2 aromatic rings. The summed E-state index contributed by atoms with van der Waals surface area (Å²) in [5.41, 5.74) is 0.814. The third-order valence-corrected chi connectivity index (χ3v) is 2.43. The normalized spacial score (nSPS) is 12.3. The number of para-hydroxylation sites is 1. The fraction of sp³-hybridized carbons (Fsp3) is 0.273. The Morgan fingerprint density at radius 1 is 1.27 bits per heavy atom.